The predicted octanol–water partition coefficient (Wildman–Crippen LogP) is 38.2. The van der Waals surface area contributed by atoms with Gasteiger partial charge >= 0.3 is 0 Å². The molecule has 0 amide bonds. The van der Waals surface area contributed by atoms with Crippen LogP contribution in [-0.4, -0.2) is 59.8 Å². The smallest absolute Gasteiger partial charge is 0.174 e. The first-order valence-corrected chi connectivity index (χ1v) is 50.7. The van der Waals surface area contributed by atoms with E-state index in [0.29, 0.717) is 103 Å². The monoisotopic (exact) mass is 2120 g/mol. The van der Waals surface area contributed by atoms with E-state index in [1.165, 1.54) is 0 Å². The van der Waals surface area contributed by atoms with Crippen molar-refractivity contribution < 1.29 is 22.1 Å². The Balaban J connectivity index is 0.000000111. The number of H-pyrrole nitrogens is 6. The van der Waals surface area contributed by atoms with Crippen LogP contribution in [0.3, 0.4) is 0 Å². The Hall–Kier alpha value is -15.4. The summed E-state index contributed by atoms with van der Waals surface area (Å²) in [6.45, 7) is 12.1. The number of imidazole rings is 6. The van der Waals surface area contributed by atoms with Crippen molar-refractivity contribution in [2.24, 2.45) is 0 Å². The average molecular weight is 2130 g/mol. The van der Waals surface area contributed by atoms with Crippen molar-refractivity contribution in [2.45, 2.75) is 41.5 Å². The molecule has 147 heavy (non-hydrogen) atoms. The van der Waals surface area contributed by atoms with Gasteiger partial charge in [-0.05, 0) is 205 Å². The second-order valence-corrected chi connectivity index (χ2v) is 38.7. The number of rotatable bonds is 18. The Labute approximate surface area is 896 Å². The Morgan fingerprint density at radius 2 is 0.449 bits per heavy atom. The molecule has 0 atom stereocenters. The molecule has 24 aromatic rings. The van der Waals surface area contributed by atoms with E-state index in [9.17, 15) is 0 Å². The molecular formula is C120H87Cl9N12O5S. The largest absolute Gasteiger partial charge is 0.453 e. The molecule has 17 nitrogen and oxygen atoms in total. The van der Waals surface area contributed by atoms with Crippen LogP contribution in [0.25, 0.3) is 203 Å². The molecule has 0 saturated heterocycles. The Morgan fingerprint density at radius 1 is 0.184 bits per heavy atom. The fourth-order valence-corrected chi connectivity index (χ4v) is 19.4. The zero-order valence-electron chi connectivity index (χ0n) is 79.4. The van der Waals surface area contributed by atoms with E-state index >= 15 is 0 Å². The highest BCUT2D eigenvalue weighted by molar-refractivity contribution is 7.18. The van der Waals surface area contributed by atoms with E-state index < -0.39 is 0 Å². The zero-order valence-corrected chi connectivity index (χ0v) is 87.0. The fourth-order valence-electron chi connectivity index (χ4n) is 16.4. The van der Waals surface area contributed by atoms with Gasteiger partial charge in [-0.2, -0.15) is 0 Å². The van der Waals surface area contributed by atoms with E-state index in [4.69, 9.17) is 151 Å². The summed E-state index contributed by atoms with van der Waals surface area (Å²) >= 11 is 56.8. The minimum Gasteiger partial charge on any atom is -0.453 e. The molecule has 0 bridgehead atoms. The van der Waals surface area contributed by atoms with Crippen LogP contribution in [0, 0.1) is 41.5 Å². The van der Waals surface area contributed by atoms with Gasteiger partial charge in [-0.25, -0.2) is 29.9 Å². The summed E-state index contributed by atoms with van der Waals surface area (Å²) in [6.07, 6.45) is 0. The lowest BCUT2D eigenvalue weighted by Crippen LogP contribution is -1.80. The fraction of sp³-hybridized carbons (Fsp3) is 0.0500. The van der Waals surface area contributed by atoms with Gasteiger partial charge in [0.15, 0.2) is 57.9 Å². The summed E-state index contributed by atoms with van der Waals surface area (Å²) in [5.41, 5.74) is 23.5. The lowest BCUT2D eigenvalue weighted by atomic mass is 10.1. The number of aryl methyl sites for hydroxylation is 6. The normalized spacial score (nSPS) is 11.0. The van der Waals surface area contributed by atoms with E-state index in [1.807, 2.05) is 375 Å². The molecule has 0 aliphatic heterocycles. The maximum absolute atomic E-state index is 6.33. The number of aromatic nitrogens is 12. The molecular weight excluding hydrogens is 2040 g/mol. The average Bonchev–Trinajstić information content (AvgIpc) is 1.66. The Kier molecular flexibility index (Phi) is 31.3. The second-order valence-electron chi connectivity index (χ2n) is 33.9. The molecule has 12 heterocycles. The van der Waals surface area contributed by atoms with Gasteiger partial charge in [0.25, 0.3) is 0 Å². The summed E-state index contributed by atoms with van der Waals surface area (Å²) in [5.74, 6) is 11.4. The van der Waals surface area contributed by atoms with E-state index in [0.717, 1.165) is 180 Å². The highest BCUT2D eigenvalue weighted by atomic mass is 35.5. The molecule has 0 unspecified atom stereocenters. The van der Waals surface area contributed by atoms with Crippen molar-refractivity contribution in [3.8, 4) is 203 Å². The van der Waals surface area contributed by atoms with E-state index in [2.05, 4.69) is 59.2 Å². The molecule has 0 spiro atoms. The SMILES string of the molecule is Cc1[nH]c(-c2ccc(-c3ccc(Cl)cc3)o2)nc1-c1ccccc1.Cc1[nH]c(-c2ccc(-c3ccc(Cl)cc3Cl)o2)nc1-c1ccccc1.Cc1[nH]c(-c2ccc(-c3ccc(Cl)cc3Cl)s2)nc1-c1ccccc1.Cc1[nH]c(-c2ccc(-c3cccc(Cl)c3)o2)nc1-c1ccccc1.Cc1[nH]c(-c2ccc(-c3cccc(Cl)c3Cl)o2)nc1-c1ccccc1.Cc1[nH]c(-c2ccc(-c3ccccc3Cl)o2)nc1-c1ccccc1. The molecule has 12 aromatic carbocycles. The zero-order chi connectivity index (χ0) is 102. The molecule has 6 N–H and O–H groups in total. The van der Waals surface area contributed by atoms with Gasteiger partial charge in [-0.1, -0.05) is 323 Å². The number of halogens is 9. The highest BCUT2D eigenvalue weighted by Gasteiger charge is 2.24. The van der Waals surface area contributed by atoms with E-state index in [-0.39, 0.29) is 0 Å². The number of furan rings is 5. The lowest BCUT2D eigenvalue weighted by Gasteiger charge is -2.02. The van der Waals surface area contributed by atoms with Crippen LogP contribution in [-0.2, 0) is 0 Å². The predicted molar refractivity (Wildman–Crippen MR) is 602 cm³/mol. The number of hydrogen-bond donors (Lipinski definition) is 6. The van der Waals surface area contributed by atoms with Gasteiger partial charge in [0.05, 0.1) is 64.2 Å². The lowest BCUT2D eigenvalue weighted by molar-refractivity contribution is 0.592. The number of benzene rings is 12. The van der Waals surface area contributed by atoms with Crippen molar-refractivity contribution in [1.29, 1.82) is 0 Å². The first-order chi connectivity index (χ1) is 71.5. The summed E-state index contributed by atoms with van der Waals surface area (Å²) in [7, 11) is 0. The molecule has 12 aromatic heterocycles. The molecule has 0 radical (unpaired) electrons. The highest BCUT2D eigenvalue weighted by Crippen LogP contribution is 2.44. The summed E-state index contributed by atoms with van der Waals surface area (Å²) in [5, 5.41) is 5.47. The number of nitrogens with zero attached hydrogens (tertiary/aromatic N) is 6. The quantitative estimate of drug-likeness (QED) is 0.0472. The van der Waals surface area contributed by atoms with Crippen molar-refractivity contribution >= 4 is 116 Å². The standard InChI is InChI=1S/2C20H14Cl2N2O.C20H14Cl2N2S.3C20H15ClN2O/c1-12-19(13-6-3-2-4-7-13)24-20(23-12)17-11-10-16(25-17)14-8-5-9-15(21)18(14)22;2*1-12-19(13-5-3-2-4-6-13)24-20(23-12)18-10-9-17(25-18)15-8-7-14(21)11-16(15)22;1-13-19(14-7-3-2-4-8-14)23-20(22-13)18-12-11-17(24-18)15-9-5-6-10-16(15)21;1-13-19(14-6-3-2-4-7-14)23-20(22-13)18-11-10-17(24-18)15-8-5-9-16(21)12-15;1-13-19(15-5-3-2-4-6-15)23-20(22-13)18-12-11-17(24-18)14-7-9-16(21)10-8-14/h3*2-11H,1H3,(H,23,24);3*2-12H,1H3,(H,22,23). The molecule has 0 fully saturated rings. The van der Waals surface area contributed by atoms with Crippen molar-refractivity contribution in [1.82, 2.24) is 59.8 Å². The number of thiophene rings is 1. The van der Waals surface area contributed by atoms with Gasteiger partial charge in [-0.3, -0.25) is 0 Å². The van der Waals surface area contributed by atoms with Crippen LogP contribution < -0.4 is 0 Å². The van der Waals surface area contributed by atoms with E-state index in [1.54, 1.807) is 35.6 Å². The van der Waals surface area contributed by atoms with Crippen LogP contribution in [0.15, 0.2) is 404 Å². The summed E-state index contributed by atoms with van der Waals surface area (Å²) < 4.78 is 29.8. The maximum Gasteiger partial charge on any atom is 0.174 e. The number of aromatic amines is 6. The molecule has 0 aliphatic rings. The van der Waals surface area contributed by atoms with Crippen LogP contribution in [0.5, 0.6) is 0 Å². The van der Waals surface area contributed by atoms with Crippen LogP contribution in [0.4, 0.5) is 0 Å². The molecule has 27 heteroatoms. The molecule has 0 saturated carbocycles. The van der Waals surface area contributed by atoms with Gasteiger partial charge in [0, 0.05) is 126 Å². The van der Waals surface area contributed by atoms with Gasteiger partial charge in [-0.15, -0.1) is 11.3 Å². The molecule has 726 valence electrons. The number of nitrogens with one attached hydrogen (secondary N) is 6. The Morgan fingerprint density at radius 3 is 0.816 bits per heavy atom. The maximum atomic E-state index is 6.33. The minimum absolute atomic E-state index is 0.477. The minimum atomic E-state index is 0.477. The third-order valence-corrected chi connectivity index (χ3v) is 27.5. The second kappa shape index (κ2) is 45.9. The topological polar surface area (TPSA) is 238 Å². The molecule has 24 rings (SSSR count). The first kappa shape index (κ1) is 100. The van der Waals surface area contributed by atoms with Gasteiger partial charge in [0.2, 0.25) is 0 Å². The van der Waals surface area contributed by atoms with Gasteiger partial charge < -0.3 is 52.0 Å². The van der Waals surface area contributed by atoms with Crippen molar-refractivity contribution in [2.75, 3.05) is 0 Å². The van der Waals surface area contributed by atoms with Crippen molar-refractivity contribution in [3.05, 3.63) is 462 Å². The van der Waals surface area contributed by atoms with Gasteiger partial charge in [0.1, 0.15) is 34.6 Å². The summed E-state index contributed by atoms with van der Waals surface area (Å²) in [4.78, 5) is 50.3. The molecule has 0 aliphatic carbocycles. The Bertz CT molecular complexity index is 8460. The van der Waals surface area contributed by atoms with Crippen LogP contribution in [0.1, 0.15) is 34.2 Å². The summed E-state index contributed by atoms with van der Waals surface area (Å²) in [6, 6.07) is 123. The first-order valence-electron chi connectivity index (χ1n) is 46.5. The van der Waals surface area contributed by atoms with Crippen LogP contribution >= 0.6 is 116 Å². The van der Waals surface area contributed by atoms with Crippen molar-refractivity contribution in [3.63, 3.8) is 0 Å². The van der Waals surface area contributed by atoms with Crippen LogP contribution in [0.2, 0.25) is 45.2 Å². The number of hydrogen-bond acceptors (Lipinski definition) is 12. The third kappa shape index (κ3) is 23.7. The third-order valence-electron chi connectivity index (χ3n) is 23.6.